The summed E-state index contributed by atoms with van der Waals surface area (Å²) in [5, 5.41) is 0. The first-order valence-corrected chi connectivity index (χ1v) is 6.50. The molecule has 0 radical (unpaired) electrons. The van der Waals surface area contributed by atoms with E-state index in [1.165, 1.54) is 42.4 Å². The third-order valence-corrected chi connectivity index (χ3v) is 2.68. The Morgan fingerprint density at radius 3 is 1.75 bits per heavy atom. The lowest BCUT2D eigenvalue weighted by atomic mass is 10.1. The zero-order chi connectivity index (χ0) is 12.4. The molecule has 0 fully saturated rings. The molecule has 0 aromatic carbocycles. The van der Waals surface area contributed by atoms with Gasteiger partial charge in [0, 0.05) is 0 Å². The third-order valence-electron chi connectivity index (χ3n) is 2.68. The standard InChI is InChI=1S/C16H28/c1-6-9-15(4)12-8-13-16(5)11-7-10-14(2)3/h9-10,13H,6-8,11-12H2,1-5H3/b15-9-,16-13-. The largest absolute Gasteiger partial charge is 0.0859 e. The van der Waals surface area contributed by atoms with Crippen LogP contribution in [-0.4, -0.2) is 0 Å². The van der Waals surface area contributed by atoms with E-state index in [1.54, 1.807) is 0 Å². The van der Waals surface area contributed by atoms with E-state index in [1.807, 2.05) is 0 Å². The van der Waals surface area contributed by atoms with E-state index in [4.69, 9.17) is 0 Å². The van der Waals surface area contributed by atoms with Crippen molar-refractivity contribution in [3.05, 3.63) is 34.9 Å². The molecule has 0 aliphatic heterocycles. The highest BCUT2D eigenvalue weighted by Gasteiger charge is 1.91. The molecule has 0 atom stereocenters. The molecule has 0 amide bonds. The van der Waals surface area contributed by atoms with E-state index in [2.05, 4.69) is 52.8 Å². The van der Waals surface area contributed by atoms with Crippen LogP contribution in [0.25, 0.3) is 0 Å². The monoisotopic (exact) mass is 220 g/mol. The molecule has 0 N–H and O–H groups in total. The van der Waals surface area contributed by atoms with Crippen LogP contribution in [0, 0.1) is 0 Å². The second-order valence-corrected chi connectivity index (χ2v) is 4.87. The molecule has 0 rings (SSSR count). The lowest BCUT2D eigenvalue weighted by Gasteiger charge is -2.00. The van der Waals surface area contributed by atoms with Crippen molar-refractivity contribution in [1.82, 2.24) is 0 Å². The Balaban J connectivity index is 3.79. The van der Waals surface area contributed by atoms with E-state index < -0.39 is 0 Å². The van der Waals surface area contributed by atoms with Gasteiger partial charge in [-0.3, -0.25) is 0 Å². The Bertz CT molecular complexity index is 260. The Kier molecular flexibility index (Phi) is 8.99. The summed E-state index contributed by atoms with van der Waals surface area (Å²) in [7, 11) is 0. The zero-order valence-corrected chi connectivity index (χ0v) is 11.8. The van der Waals surface area contributed by atoms with E-state index in [-0.39, 0.29) is 0 Å². The summed E-state index contributed by atoms with van der Waals surface area (Å²) in [6, 6.07) is 0. The van der Waals surface area contributed by atoms with Gasteiger partial charge in [0.15, 0.2) is 0 Å². The Hall–Kier alpha value is -0.780. The van der Waals surface area contributed by atoms with Crippen LogP contribution in [0.1, 0.15) is 66.7 Å². The first-order chi connectivity index (χ1) is 7.56. The molecule has 0 aromatic rings. The zero-order valence-electron chi connectivity index (χ0n) is 11.8. The Morgan fingerprint density at radius 1 is 0.750 bits per heavy atom. The smallest absolute Gasteiger partial charge is 0.0288 e. The van der Waals surface area contributed by atoms with Gasteiger partial charge in [-0.2, -0.15) is 0 Å². The van der Waals surface area contributed by atoms with Crippen molar-refractivity contribution >= 4 is 0 Å². The third kappa shape index (κ3) is 9.76. The first-order valence-electron chi connectivity index (χ1n) is 6.50. The fourth-order valence-electron chi connectivity index (χ4n) is 1.69. The van der Waals surface area contributed by atoms with Crippen molar-refractivity contribution in [2.45, 2.75) is 66.7 Å². The quantitative estimate of drug-likeness (QED) is 0.474. The van der Waals surface area contributed by atoms with Crippen molar-refractivity contribution in [2.75, 3.05) is 0 Å². The first kappa shape index (κ1) is 15.2. The van der Waals surface area contributed by atoms with Crippen molar-refractivity contribution in [3.63, 3.8) is 0 Å². The summed E-state index contributed by atoms with van der Waals surface area (Å²) in [6.07, 6.45) is 13.0. The molecule has 0 bridgehead atoms. The molecule has 0 unspecified atom stereocenters. The highest BCUT2D eigenvalue weighted by molar-refractivity contribution is 5.05. The molecule has 0 nitrogen and oxygen atoms in total. The number of allylic oxidation sites excluding steroid dienone is 6. The second kappa shape index (κ2) is 9.45. The average Bonchev–Trinajstić information content (AvgIpc) is 2.17. The summed E-state index contributed by atoms with van der Waals surface area (Å²) in [5.41, 5.74) is 4.48. The van der Waals surface area contributed by atoms with E-state index in [0.717, 1.165) is 6.42 Å². The van der Waals surface area contributed by atoms with Gasteiger partial charge < -0.3 is 0 Å². The summed E-state index contributed by atoms with van der Waals surface area (Å²) < 4.78 is 0. The van der Waals surface area contributed by atoms with E-state index in [9.17, 15) is 0 Å². The predicted octanol–water partition coefficient (Wildman–Crippen LogP) is 5.82. The molecule has 0 spiro atoms. The van der Waals surface area contributed by atoms with Crippen LogP contribution in [0.15, 0.2) is 34.9 Å². The molecular weight excluding hydrogens is 192 g/mol. The van der Waals surface area contributed by atoms with Gasteiger partial charge in [-0.15, -0.1) is 0 Å². The minimum atomic E-state index is 1.16. The van der Waals surface area contributed by atoms with Gasteiger partial charge in [0.2, 0.25) is 0 Å². The Morgan fingerprint density at radius 2 is 1.25 bits per heavy atom. The molecule has 0 aromatic heterocycles. The molecule has 0 heteroatoms. The lowest BCUT2D eigenvalue weighted by molar-refractivity contribution is 0.913. The van der Waals surface area contributed by atoms with Gasteiger partial charge in [0.05, 0.1) is 0 Å². The van der Waals surface area contributed by atoms with Crippen LogP contribution in [-0.2, 0) is 0 Å². The molecule has 0 aliphatic carbocycles. The van der Waals surface area contributed by atoms with Crippen molar-refractivity contribution < 1.29 is 0 Å². The number of hydrogen-bond acceptors (Lipinski definition) is 0. The molecule has 0 saturated heterocycles. The summed E-state index contributed by atoms with van der Waals surface area (Å²) >= 11 is 0. The molecule has 92 valence electrons. The summed E-state index contributed by atoms with van der Waals surface area (Å²) in [6.45, 7) is 11.0. The van der Waals surface area contributed by atoms with Crippen LogP contribution < -0.4 is 0 Å². The normalized spacial score (nSPS) is 12.8. The van der Waals surface area contributed by atoms with Gasteiger partial charge in [0.1, 0.15) is 0 Å². The van der Waals surface area contributed by atoms with Gasteiger partial charge >= 0.3 is 0 Å². The van der Waals surface area contributed by atoms with Gasteiger partial charge in [0.25, 0.3) is 0 Å². The van der Waals surface area contributed by atoms with Gasteiger partial charge in [-0.1, -0.05) is 41.9 Å². The van der Waals surface area contributed by atoms with E-state index >= 15 is 0 Å². The van der Waals surface area contributed by atoms with Gasteiger partial charge in [-0.05, 0) is 59.8 Å². The topological polar surface area (TPSA) is 0 Å². The minimum absolute atomic E-state index is 1.16. The summed E-state index contributed by atoms with van der Waals surface area (Å²) in [4.78, 5) is 0. The average molecular weight is 220 g/mol. The van der Waals surface area contributed by atoms with Gasteiger partial charge in [-0.25, -0.2) is 0 Å². The predicted molar refractivity (Wildman–Crippen MR) is 75.7 cm³/mol. The van der Waals surface area contributed by atoms with Crippen molar-refractivity contribution in [2.24, 2.45) is 0 Å². The van der Waals surface area contributed by atoms with Crippen LogP contribution >= 0.6 is 0 Å². The maximum atomic E-state index is 2.39. The molecule has 0 aliphatic rings. The lowest BCUT2D eigenvalue weighted by Crippen LogP contribution is -1.80. The molecular formula is C16H28. The fraction of sp³-hybridized carbons (Fsp3) is 0.625. The van der Waals surface area contributed by atoms with E-state index in [0.29, 0.717) is 0 Å². The minimum Gasteiger partial charge on any atom is -0.0859 e. The fourth-order valence-corrected chi connectivity index (χ4v) is 1.69. The summed E-state index contributed by atoms with van der Waals surface area (Å²) in [5.74, 6) is 0. The van der Waals surface area contributed by atoms with Crippen LogP contribution in [0.2, 0.25) is 0 Å². The van der Waals surface area contributed by atoms with Crippen molar-refractivity contribution in [1.29, 1.82) is 0 Å². The highest BCUT2D eigenvalue weighted by atomic mass is 14.0. The Labute approximate surface area is 102 Å². The number of hydrogen-bond donors (Lipinski definition) is 0. The van der Waals surface area contributed by atoms with Crippen LogP contribution in [0.4, 0.5) is 0 Å². The maximum absolute atomic E-state index is 2.39. The maximum Gasteiger partial charge on any atom is -0.0288 e. The van der Waals surface area contributed by atoms with Crippen LogP contribution in [0.3, 0.4) is 0 Å². The van der Waals surface area contributed by atoms with Crippen molar-refractivity contribution in [3.8, 4) is 0 Å². The molecule has 0 heterocycles. The van der Waals surface area contributed by atoms with Crippen LogP contribution in [0.5, 0.6) is 0 Å². The number of rotatable bonds is 7. The SMILES string of the molecule is CC/C=C(/C)CC/C=C(/C)CCC=C(C)C. The second-order valence-electron chi connectivity index (χ2n) is 4.87. The molecule has 16 heavy (non-hydrogen) atoms. The molecule has 0 saturated carbocycles. The highest BCUT2D eigenvalue weighted by Crippen LogP contribution is 2.11.